The fourth-order valence-corrected chi connectivity index (χ4v) is 4.15. The molecule has 0 aliphatic carbocycles. The van der Waals surface area contributed by atoms with Gasteiger partial charge >= 0.3 is 0 Å². The maximum atomic E-state index is 13.0. The summed E-state index contributed by atoms with van der Waals surface area (Å²) < 4.78 is 31.9. The Balaban J connectivity index is 2.32. The number of benzene rings is 1. The number of ether oxygens (including phenoxy) is 1. The molecule has 0 atom stereocenters. The van der Waals surface area contributed by atoms with Crippen molar-refractivity contribution in [1.82, 2.24) is 9.38 Å². The zero-order chi connectivity index (χ0) is 19.3. The lowest BCUT2D eigenvalue weighted by Gasteiger charge is -2.21. The first-order valence-corrected chi connectivity index (χ1v) is 9.70. The van der Waals surface area contributed by atoms with E-state index in [2.05, 4.69) is 4.98 Å². The van der Waals surface area contributed by atoms with Crippen LogP contribution in [0.4, 0.5) is 0 Å². The maximum absolute atomic E-state index is 13.0. The van der Waals surface area contributed by atoms with Crippen LogP contribution in [-0.2, 0) is 9.84 Å². The number of aromatic hydroxyl groups is 1. The molecule has 2 aromatic heterocycles. The fraction of sp³-hybridized carbons (Fsp3) is 0.278. The van der Waals surface area contributed by atoms with E-state index >= 15 is 0 Å². The number of rotatable bonds is 3. The van der Waals surface area contributed by atoms with E-state index in [9.17, 15) is 13.5 Å². The standard InChI is InChI=1S/C18H19ClN2O4S/c1-18(2,3)26(23,24)16-10-21-14(9-20-17(21)8-15(16)25-4)11-5-12(19)7-13(22)6-11/h5-10,22H,1-4H3. The molecule has 0 aliphatic rings. The van der Waals surface area contributed by atoms with Crippen LogP contribution in [0, 0.1) is 0 Å². The third-order valence-electron chi connectivity index (χ3n) is 4.07. The third kappa shape index (κ3) is 3.01. The molecule has 0 fully saturated rings. The number of phenols is 1. The smallest absolute Gasteiger partial charge is 0.188 e. The Morgan fingerprint density at radius 3 is 2.46 bits per heavy atom. The first-order chi connectivity index (χ1) is 12.0. The Kier molecular flexibility index (Phi) is 4.40. The van der Waals surface area contributed by atoms with E-state index in [4.69, 9.17) is 16.3 Å². The number of halogens is 1. The maximum Gasteiger partial charge on any atom is 0.188 e. The lowest BCUT2D eigenvalue weighted by atomic mass is 10.1. The fourth-order valence-electron chi connectivity index (χ4n) is 2.61. The van der Waals surface area contributed by atoms with Gasteiger partial charge in [0.2, 0.25) is 0 Å². The molecule has 3 rings (SSSR count). The van der Waals surface area contributed by atoms with Crippen molar-refractivity contribution in [3.8, 4) is 22.8 Å². The summed E-state index contributed by atoms with van der Waals surface area (Å²) in [6.45, 7) is 4.90. The van der Waals surface area contributed by atoms with Crippen LogP contribution >= 0.6 is 11.6 Å². The van der Waals surface area contributed by atoms with E-state index in [1.807, 2.05) is 0 Å². The van der Waals surface area contributed by atoms with Crippen molar-refractivity contribution in [2.24, 2.45) is 0 Å². The molecule has 0 unspecified atom stereocenters. The highest BCUT2D eigenvalue weighted by Crippen LogP contribution is 2.35. The first kappa shape index (κ1) is 18.5. The topological polar surface area (TPSA) is 80.9 Å². The summed E-state index contributed by atoms with van der Waals surface area (Å²) in [6, 6.07) is 6.21. The van der Waals surface area contributed by atoms with Gasteiger partial charge in [-0.3, -0.25) is 4.40 Å². The van der Waals surface area contributed by atoms with Crippen molar-refractivity contribution in [2.45, 2.75) is 30.4 Å². The molecule has 26 heavy (non-hydrogen) atoms. The molecule has 0 aliphatic heterocycles. The van der Waals surface area contributed by atoms with Gasteiger partial charge in [0.05, 0.1) is 23.7 Å². The van der Waals surface area contributed by atoms with Crippen LogP contribution in [-0.4, -0.2) is 34.8 Å². The zero-order valence-corrected chi connectivity index (χ0v) is 16.4. The number of imidazole rings is 1. The molecule has 0 radical (unpaired) electrons. The summed E-state index contributed by atoms with van der Waals surface area (Å²) in [6.07, 6.45) is 3.09. The van der Waals surface area contributed by atoms with Crippen molar-refractivity contribution >= 4 is 27.1 Å². The third-order valence-corrected chi connectivity index (χ3v) is 6.79. The number of phenolic OH excluding ortho intramolecular Hbond substituents is 1. The largest absolute Gasteiger partial charge is 0.508 e. The number of pyridine rings is 1. The highest BCUT2D eigenvalue weighted by atomic mass is 35.5. The highest BCUT2D eigenvalue weighted by molar-refractivity contribution is 7.92. The Labute approximate surface area is 156 Å². The average molecular weight is 395 g/mol. The molecule has 138 valence electrons. The van der Waals surface area contributed by atoms with Crippen LogP contribution in [0.2, 0.25) is 5.02 Å². The predicted octanol–water partition coefficient (Wildman–Crippen LogP) is 3.94. The molecule has 1 N–H and O–H groups in total. The molecule has 2 heterocycles. The number of fused-ring (bicyclic) bond motifs is 1. The summed E-state index contributed by atoms with van der Waals surface area (Å²) >= 11 is 6.02. The molecular weight excluding hydrogens is 376 g/mol. The van der Waals surface area contributed by atoms with E-state index in [0.29, 0.717) is 21.9 Å². The molecule has 0 amide bonds. The minimum atomic E-state index is -3.65. The second kappa shape index (κ2) is 6.17. The predicted molar refractivity (Wildman–Crippen MR) is 101 cm³/mol. The van der Waals surface area contributed by atoms with Crippen LogP contribution in [0.5, 0.6) is 11.5 Å². The number of aromatic nitrogens is 2. The molecular formula is C18H19ClN2O4S. The number of nitrogens with zero attached hydrogens (tertiary/aromatic N) is 2. The molecule has 0 spiro atoms. The zero-order valence-electron chi connectivity index (χ0n) is 14.8. The summed E-state index contributed by atoms with van der Waals surface area (Å²) in [5.74, 6) is 0.247. The van der Waals surface area contributed by atoms with E-state index in [-0.39, 0.29) is 16.4 Å². The molecule has 0 bridgehead atoms. The Hall–Kier alpha value is -2.25. The number of methoxy groups -OCH3 is 1. The highest BCUT2D eigenvalue weighted by Gasteiger charge is 2.34. The molecule has 1 aromatic carbocycles. The summed E-state index contributed by atoms with van der Waals surface area (Å²) in [4.78, 5) is 4.39. The van der Waals surface area contributed by atoms with E-state index in [0.717, 1.165) is 0 Å². The van der Waals surface area contributed by atoms with Gasteiger partial charge in [-0.05, 0) is 39.0 Å². The Morgan fingerprint density at radius 2 is 1.88 bits per heavy atom. The van der Waals surface area contributed by atoms with Crippen molar-refractivity contribution in [3.05, 3.63) is 41.7 Å². The minimum Gasteiger partial charge on any atom is -0.508 e. The lowest BCUT2D eigenvalue weighted by Crippen LogP contribution is -2.28. The van der Waals surface area contributed by atoms with Gasteiger partial charge < -0.3 is 9.84 Å². The molecule has 0 saturated heterocycles. The van der Waals surface area contributed by atoms with Gasteiger partial charge in [0, 0.05) is 22.8 Å². The number of hydrogen-bond donors (Lipinski definition) is 1. The van der Waals surface area contributed by atoms with E-state index in [1.54, 1.807) is 43.5 Å². The van der Waals surface area contributed by atoms with Crippen LogP contribution in [0.1, 0.15) is 20.8 Å². The number of sulfone groups is 1. The van der Waals surface area contributed by atoms with Crippen molar-refractivity contribution in [3.63, 3.8) is 0 Å². The van der Waals surface area contributed by atoms with Gasteiger partial charge in [0.15, 0.2) is 9.84 Å². The van der Waals surface area contributed by atoms with E-state index < -0.39 is 14.6 Å². The normalized spacial score (nSPS) is 12.5. The second-order valence-electron chi connectivity index (χ2n) is 6.89. The minimum absolute atomic E-state index is 0.0125. The van der Waals surface area contributed by atoms with Gasteiger partial charge in [0.25, 0.3) is 0 Å². The van der Waals surface area contributed by atoms with Crippen LogP contribution < -0.4 is 4.74 Å². The van der Waals surface area contributed by atoms with Crippen LogP contribution in [0.25, 0.3) is 16.9 Å². The monoisotopic (exact) mass is 394 g/mol. The van der Waals surface area contributed by atoms with Crippen molar-refractivity contribution in [2.75, 3.05) is 7.11 Å². The molecule has 6 nitrogen and oxygen atoms in total. The van der Waals surface area contributed by atoms with Crippen LogP contribution in [0.3, 0.4) is 0 Å². The van der Waals surface area contributed by atoms with Gasteiger partial charge in [-0.2, -0.15) is 0 Å². The number of hydrogen-bond acceptors (Lipinski definition) is 5. The average Bonchev–Trinajstić information content (AvgIpc) is 2.94. The quantitative estimate of drug-likeness (QED) is 0.727. The SMILES string of the molecule is COc1cc2ncc(-c3cc(O)cc(Cl)c3)n2cc1S(=O)(=O)C(C)(C)C. The van der Waals surface area contributed by atoms with Gasteiger partial charge in [-0.15, -0.1) is 0 Å². The molecule has 8 heteroatoms. The summed E-state index contributed by atoms with van der Waals surface area (Å²) in [5.41, 5.74) is 1.74. The molecule has 0 saturated carbocycles. The Bertz CT molecular complexity index is 1080. The summed E-state index contributed by atoms with van der Waals surface area (Å²) in [5, 5.41) is 10.2. The Morgan fingerprint density at radius 1 is 1.19 bits per heavy atom. The van der Waals surface area contributed by atoms with E-state index in [1.165, 1.54) is 25.4 Å². The van der Waals surface area contributed by atoms with Gasteiger partial charge in [-0.25, -0.2) is 13.4 Å². The van der Waals surface area contributed by atoms with Crippen molar-refractivity contribution in [1.29, 1.82) is 0 Å². The lowest BCUT2D eigenvalue weighted by molar-refractivity contribution is 0.401. The van der Waals surface area contributed by atoms with Gasteiger partial charge in [-0.1, -0.05) is 11.6 Å². The van der Waals surface area contributed by atoms with Gasteiger partial charge in [0.1, 0.15) is 22.0 Å². The van der Waals surface area contributed by atoms with Crippen molar-refractivity contribution < 1.29 is 18.3 Å². The van der Waals surface area contributed by atoms with Crippen LogP contribution in [0.15, 0.2) is 41.6 Å². The summed E-state index contributed by atoms with van der Waals surface area (Å²) in [7, 11) is -2.23. The second-order valence-corrected chi connectivity index (χ2v) is 10.00. The molecule has 3 aromatic rings. The first-order valence-electron chi connectivity index (χ1n) is 7.84.